The Balaban J connectivity index is -0.0000000515. The van der Waals surface area contributed by atoms with Crippen molar-refractivity contribution >= 4 is 95.2 Å². The smallest absolute Gasteiger partial charge is 0.719 e. The molecule has 1 fully saturated rings. The van der Waals surface area contributed by atoms with Gasteiger partial charge in [0.2, 0.25) is 11.8 Å². The Hall–Kier alpha value is 7.21. The van der Waals surface area contributed by atoms with Crippen molar-refractivity contribution in [1.82, 2.24) is 25.7 Å². The predicted molar refractivity (Wildman–Crippen MR) is 312 cm³/mol. The fourth-order valence-corrected chi connectivity index (χ4v) is 9.27. The minimum atomic E-state index is -1.00. The number of amides is 4. The van der Waals surface area contributed by atoms with E-state index in [0.29, 0.717) is 23.7 Å². The van der Waals surface area contributed by atoms with Crippen LogP contribution >= 0.6 is 54.0 Å². The van der Waals surface area contributed by atoms with Crippen molar-refractivity contribution in [2.45, 2.75) is 159 Å². The number of rotatable bonds is 31. The zero-order chi connectivity index (χ0) is 51.1. The van der Waals surface area contributed by atoms with Crippen molar-refractivity contribution in [3.63, 3.8) is 0 Å². The van der Waals surface area contributed by atoms with E-state index in [-0.39, 0.29) is 376 Å². The first-order valence-electron chi connectivity index (χ1n) is 23.0. The van der Waals surface area contributed by atoms with Crippen LogP contribution in [0.3, 0.4) is 0 Å². The molecule has 0 aliphatic carbocycles. The fourth-order valence-electron chi connectivity index (χ4n) is 5.03. The van der Waals surface area contributed by atoms with Crippen molar-refractivity contribution in [3.8, 4) is 0 Å². The molecular weight excluding hydrogens is 1320 g/mol. The molecule has 0 saturated carbocycles. The molecule has 18 nitrogen and oxygen atoms in total. The number of nitrogens with one attached hydrogen (secondary N) is 2. The molecule has 2 aromatic rings. The van der Waals surface area contributed by atoms with Crippen molar-refractivity contribution in [1.29, 1.82) is 0 Å². The van der Waals surface area contributed by atoms with Crippen LogP contribution < -0.4 is 325 Å². The Morgan fingerprint density at radius 3 is 1.24 bits per heavy atom. The third-order valence-electron chi connectivity index (χ3n) is 8.49. The number of nitrogens with zero attached hydrogens (tertiary/aromatic N) is 3. The van der Waals surface area contributed by atoms with Gasteiger partial charge in [-0.1, -0.05) is 132 Å². The van der Waals surface area contributed by atoms with Gasteiger partial charge in [-0.25, -0.2) is 14.8 Å². The molecule has 0 aromatic carbocycles. The summed E-state index contributed by atoms with van der Waals surface area (Å²) in [6.07, 6.45) is 23.9. The molecule has 4 amide bonds. The topological polar surface area (TPSA) is 375 Å². The average molecular weight is 1410 g/mol. The van der Waals surface area contributed by atoms with Gasteiger partial charge in [0, 0.05) is 62.7 Å². The minimum Gasteiger partial charge on any atom is -0.719 e. The number of aromatic nitrogens is 2. The van der Waals surface area contributed by atoms with Gasteiger partial charge in [-0.05, 0) is 91.3 Å². The Kier molecular flexibility index (Phi) is 163. The zero-order valence-electron chi connectivity index (χ0n) is 49.5. The van der Waals surface area contributed by atoms with E-state index < -0.39 is 31.6 Å². The number of nitrogens with two attached hydrogens (primary N) is 7. The summed E-state index contributed by atoms with van der Waals surface area (Å²) in [4.78, 5) is 69.8. The third kappa shape index (κ3) is 96.3. The van der Waals surface area contributed by atoms with Crippen LogP contribution in [-0.4, -0.2) is 81.5 Å². The van der Waals surface area contributed by atoms with Crippen LogP contribution in [0.15, 0.2) is 58.8 Å². The van der Waals surface area contributed by atoms with E-state index in [2.05, 4.69) is 41.4 Å². The number of halogens is 4. The maximum Gasteiger partial charge on any atom is 1.00 e. The standard InChI is InChI=1S/C15H24N2OS2.C12H12N2O4S2.C10H21NOS2.C7H17N.2CHF2.6K.6H2N/c1-2-3-4-5-7-11-16-14(18)10-13-19-20-15-9-6-8-12-17-15;15-10-4-5-11(16)14(10)18-12(17)6-8-19-20-9-3-1-2-7-13-9;1-2-3-4-5-6-8-11-10(12)7-9-14-13;1-2-3-4-5-6-7-8;2*2-1-3;;;;;;;;;;;;/h6,8-9,12H,2-5,7,10-11,13H2,1H3,(H,16,18);1-3,7H,4-6,8H2;13H,2-9H2,1H3,(H,11,12);2-8H2,1H3;2*1H;;;;;;;6*1H2/q;;;;2*-1;6*+1;6*-1/p-1. The van der Waals surface area contributed by atoms with Crippen LogP contribution in [0.5, 0.6) is 0 Å². The van der Waals surface area contributed by atoms with Gasteiger partial charge >= 0.3 is 314 Å². The SMILES string of the molecule is CCCCCCCN.CCCCCCCNC(=O)CCSSc1ccccn1.CCCCCCCNC(=O)CCS[S-].F[CH-]F.F[CH-]F.O=C(CCSSc1ccccn1)ON1C(=O)CCC1=O.[K+].[K+].[K+].[K+].[K+].[K+].[NH2-].[NH2-].[NH2-].[NH2-].[NH2-].[NH2-]. The van der Waals surface area contributed by atoms with Crippen LogP contribution in [0, 0.1) is 13.9 Å². The second kappa shape index (κ2) is 105. The monoisotopic (exact) mass is 1410 g/mol. The van der Waals surface area contributed by atoms with Crippen LogP contribution in [0.25, 0.3) is 36.9 Å². The summed E-state index contributed by atoms with van der Waals surface area (Å²) >= 11 is 4.69. The summed E-state index contributed by atoms with van der Waals surface area (Å²) < 4.78 is 38.0. The second-order valence-corrected chi connectivity index (χ2v) is 20.4. The van der Waals surface area contributed by atoms with E-state index in [1.807, 2.05) is 36.4 Å². The molecule has 2 aromatic heterocycles. The molecule has 0 radical (unpaired) electrons. The number of hydroxylamine groups is 2. The van der Waals surface area contributed by atoms with Gasteiger partial charge in [-0.2, -0.15) is 0 Å². The van der Waals surface area contributed by atoms with Crippen molar-refractivity contribution in [3.05, 3.63) is 99.6 Å². The molecule has 0 bridgehead atoms. The van der Waals surface area contributed by atoms with Crippen molar-refractivity contribution < 1.29 is 355 Å². The number of carbonyl (C=O) groups is 5. The first-order valence-corrected chi connectivity index (χ1v) is 29.6. The Morgan fingerprint density at radius 2 is 0.912 bits per heavy atom. The summed E-state index contributed by atoms with van der Waals surface area (Å²) in [5, 5.41) is 8.30. The van der Waals surface area contributed by atoms with E-state index in [1.54, 1.807) is 34.0 Å². The Bertz CT molecular complexity index is 1490. The van der Waals surface area contributed by atoms with Gasteiger partial charge in [0.25, 0.3) is 11.8 Å². The van der Waals surface area contributed by atoms with Crippen LogP contribution in [0.1, 0.15) is 149 Å². The molecule has 1 aliphatic rings. The van der Waals surface area contributed by atoms with Crippen LogP contribution in [-0.2, 0) is 40.5 Å². The molecule has 16 N–H and O–H groups in total. The molecule has 0 unspecified atom stereocenters. The summed E-state index contributed by atoms with van der Waals surface area (Å²) in [5.74, 6) is 0.879. The molecule has 1 saturated heterocycles. The molecule has 3 rings (SSSR count). The number of unbranched alkanes of at least 4 members (excludes halogenated alkanes) is 12. The Morgan fingerprint density at radius 1 is 0.575 bits per heavy atom. The zero-order valence-corrected chi connectivity index (χ0v) is 73.1. The summed E-state index contributed by atoms with van der Waals surface area (Å²) in [6, 6.07) is 11.4. The van der Waals surface area contributed by atoms with Gasteiger partial charge in [0.15, 0.2) is 0 Å². The minimum absolute atomic E-state index is 0. The molecule has 0 atom stereocenters. The Labute approximate surface area is 759 Å². The van der Waals surface area contributed by atoms with Crippen LogP contribution in [0.4, 0.5) is 17.6 Å². The number of hydrogen-bond acceptors (Lipinski definition) is 15. The predicted octanol–water partition coefficient (Wildman–Crippen LogP) is -0.893. The van der Waals surface area contributed by atoms with Crippen molar-refractivity contribution in [2.24, 2.45) is 5.73 Å². The van der Waals surface area contributed by atoms with Gasteiger partial charge < -0.3 is 98.1 Å². The molecule has 1 aliphatic heterocycles. The van der Waals surface area contributed by atoms with Crippen LogP contribution in [0.2, 0.25) is 0 Å². The maximum absolute atomic E-state index is 11.6. The molecule has 0 spiro atoms. The summed E-state index contributed by atoms with van der Waals surface area (Å²) in [7, 11) is 7.52. The number of hydrogen-bond donors (Lipinski definition) is 3. The molecule has 3 heterocycles. The van der Waals surface area contributed by atoms with Gasteiger partial charge in [-0.3, -0.25) is 19.2 Å². The number of pyridine rings is 2. The number of carbonyl (C=O) groups excluding carboxylic acids is 5. The maximum atomic E-state index is 11.6. The molecular formula is C46H87F4K6N12O6S6-3. The van der Waals surface area contributed by atoms with Crippen molar-refractivity contribution in [2.75, 3.05) is 36.9 Å². The van der Waals surface area contributed by atoms with E-state index in [9.17, 15) is 41.5 Å². The van der Waals surface area contributed by atoms with E-state index in [4.69, 9.17) is 22.2 Å². The quantitative estimate of drug-likeness (QED) is 0.0157. The van der Waals surface area contributed by atoms with E-state index >= 15 is 0 Å². The van der Waals surface area contributed by atoms with Gasteiger partial charge in [-0.15, -0.1) is 5.06 Å². The largest absolute Gasteiger partial charge is 1.00 e. The summed E-state index contributed by atoms with van der Waals surface area (Å²) in [6.45, 7) is 7.15. The average Bonchev–Trinajstić information content (AvgIpc) is 3.66. The fraction of sp³-hybridized carbons (Fsp3) is 0.630. The first kappa shape index (κ1) is 124. The molecule has 34 heteroatoms. The van der Waals surface area contributed by atoms with E-state index in [1.165, 1.54) is 116 Å². The normalized spacial score (nSPS) is 9.49. The summed E-state index contributed by atoms with van der Waals surface area (Å²) in [5.41, 5.74) is 5.31. The van der Waals surface area contributed by atoms with E-state index in [0.717, 1.165) is 54.0 Å². The molecule has 440 valence electrons. The third-order valence-corrected chi connectivity index (χ3v) is 13.9. The first-order chi connectivity index (χ1) is 33.0. The van der Waals surface area contributed by atoms with Gasteiger partial charge in [0.05, 0.1) is 6.42 Å². The number of imide groups is 1. The van der Waals surface area contributed by atoms with Gasteiger partial charge in [0.1, 0.15) is 10.1 Å². The second-order valence-electron chi connectivity index (χ2n) is 14.2. The molecule has 80 heavy (non-hydrogen) atoms.